The van der Waals surface area contributed by atoms with Crippen LogP contribution in [0.3, 0.4) is 0 Å². The standard InChI is InChI=1S/C24H22N4O3S/c1-12-7-13(2)20(14(3)8-12)27-23(29)21-15(4)26-24(32-21)28-22-17(10-25-22)16-5-6-18-19(9-16)31-11-30-18/h5-10H,11H2,1-4H3,(H,27,29)(H,25,26,28). The number of nitrogens with zero attached hydrogens (tertiary/aromatic N) is 2. The minimum Gasteiger partial charge on any atom is -0.454 e. The summed E-state index contributed by atoms with van der Waals surface area (Å²) in [6.45, 7) is 8.12. The van der Waals surface area contributed by atoms with Gasteiger partial charge in [-0.2, -0.15) is 0 Å². The van der Waals surface area contributed by atoms with E-state index in [1.165, 1.54) is 16.9 Å². The molecule has 0 radical (unpaired) electrons. The molecule has 0 spiro atoms. The molecule has 2 N–H and O–H groups in total. The molecule has 7 nitrogen and oxygen atoms in total. The van der Waals surface area contributed by atoms with Gasteiger partial charge in [-0.25, -0.2) is 9.98 Å². The Kier molecular flexibility index (Phi) is 4.94. The van der Waals surface area contributed by atoms with E-state index in [1.807, 2.05) is 45.9 Å². The number of fused-ring (bicyclic) bond motifs is 1. The molecular weight excluding hydrogens is 424 g/mol. The molecule has 0 saturated carbocycles. The van der Waals surface area contributed by atoms with E-state index in [4.69, 9.17) is 9.47 Å². The molecule has 0 aliphatic carbocycles. The van der Waals surface area contributed by atoms with Crippen LogP contribution in [0.25, 0.3) is 5.57 Å². The second kappa shape index (κ2) is 7.80. The highest BCUT2D eigenvalue weighted by Crippen LogP contribution is 2.36. The number of hydrogen-bond acceptors (Lipinski definition) is 7. The minimum atomic E-state index is -0.162. The van der Waals surface area contributed by atoms with Crippen molar-refractivity contribution in [2.45, 2.75) is 27.7 Å². The summed E-state index contributed by atoms with van der Waals surface area (Å²) >= 11 is 1.31. The number of amides is 1. The molecule has 2 aromatic carbocycles. The van der Waals surface area contributed by atoms with Crippen molar-refractivity contribution < 1.29 is 14.3 Å². The summed E-state index contributed by atoms with van der Waals surface area (Å²) in [5.41, 5.74) is 6.70. The van der Waals surface area contributed by atoms with Gasteiger partial charge in [0, 0.05) is 17.5 Å². The van der Waals surface area contributed by atoms with E-state index in [9.17, 15) is 4.79 Å². The number of aryl methyl sites for hydroxylation is 4. The van der Waals surface area contributed by atoms with E-state index >= 15 is 0 Å². The molecule has 3 heterocycles. The highest BCUT2D eigenvalue weighted by atomic mass is 32.1. The molecule has 0 bridgehead atoms. The van der Waals surface area contributed by atoms with Gasteiger partial charge < -0.3 is 20.1 Å². The average Bonchev–Trinajstić information content (AvgIpc) is 3.33. The fourth-order valence-corrected chi connectivity index (χ4v) is 4.74. The van der Waals surface area contributed by atoms with Gasteiger partial charge >= 0.3 is 0 Å². The molecule has 162 valence electrons. The van der Waals surface area contributed by atoms with Crippen molar-refractivity contribution in [2.75, 3.05) is 17.4 Å². The third-order valence-electron chi connectivity index (χ3n) is 5.41. The Morgan fingerprint density at radius 3 is 2.50 bits per heavy atom. The Hall–Kier alpha value is -3.65. The first-order valence-corrected chi connectivity index (χ1v) is 11.0. The predicted octanol–water partition coefficient (Wildman–Crippen LogP) is 5.22. The van der Waals surface area contributed by atoms with Crippen LogP contribution in [-0.4, -0.2) is 23.5 Å². The maximum absolute atomic E-state index is 13.0. The normalized spacial score (nSPS) is 13.9. The van der Waals surface area contributed by atoms with Crippen LogP contribution in [0, 0.1) is 27.7 Å². The summed E-state index contributed by atoms with van der Waals surface area (Å²) in [6.07, 6.45) is 1.79. The zero-order valence-electron chi connectivity index (χ0n) is 18.2. The molecule has 32 heavy (non-hydrogen) atoms. The number of nitrogens with one attached hydrogen (secondary N) is 2. The Bertz CT molecular complexity index is 1300. The highest BCUT2D eigenvalue weighted by molar-refractivity contribution is 7.18. The molecule has 3 aromatic rings. The molecule has 0 saturated heterocycles. The van der Waals surface area contributed by atoms with Crippen LogP contribution in [0.4, 0.5) is 10.8 Å². The van der Waals surface area contributed by atoms with Gasteiger partial charge in [-0.05, 0) is 56.5 Å². The van der Waals surface area contributed by atoms with Gasteiger partial charge in [0.2, 0.25) is 6.79 Å². The summed E-state index contributed by atoms with van der Waals surface area (Å²) < 4.78 is 10.8. The van der Waals surface area contributed by atoms with E-state index in [1.54, 1.807) is 6.20 Å². The average molecular weight is 447 g/mol. The zero-order chi connectivity index (χ0) is 22.4. The zero-order valence-corrected chi connectivity index (χ0v) is 19.0. The number of carbonyl (C=O) groups is 1. The number of rotatable bonds is 4. The second-order valence-corrected chi connectivity index (χ2v) is 8.87. The van der Waals surface area contributed by atoms with Crippen LogP contribution in [0.5, 0.6) is 11.5 Å². The Morgan fingerprint density at radius 1 is 1.03 bits per heavy atom. The smallest absolute Gasteiger partial charge is 0.267 e. The summed E-state index contributed by atoms with van der Waals surface area (Å²) in [5, 5.41) is 6.91. The van der Waals surface area contributed by atoms with Crippen LogP contribution >= 0.6 is 11.3 Å². The van der Waals surface area contributed by atoms with Crippen LogP contribution in [-0.2, 0) is 0 Å². The van der Waals surface area contributed by atoms with E-state index in [0.29, 0.717) is 21.5 Å². The van der Waals surface area contributed by atoms with Crippen molar-refractivity contribution in [1.82, 2.24) is 4.98 Å². The van der Waals surface area contributed by atoms with Gasteiger partial charge in [0.25, 0.3) is 5.91 Å². The summed E-state index contributed by atoms with van der Waals surface area (Å²) in [4.78, 5) is 22.4. The molecule has 8 heteroatoms. The third-order valence-corrected chi connectivity index (χ3v) is 6.48. The maximum Gasteiger partial charge on any atom is 0.267 e. The quantitative estimate of drug-likeness (QED) is 0.574. The van der Waals surface area contributed by atoms with Crippen molar-refractivity contribution in [3.8, 4) is 11.5 Å². The number of aliphatic imine (C=N–C) groups is 1. The molecule has 1 amide bonds. The SMILES string of the molecule is Cc1cc(C)c(NC(=O)c2sc(NC3=NC=C3c3ccc4c(c3)OCO4)nc2C)c(C)c1. The topological polar surface area (TPSA) is 84.8 Å². The van der Waals surface area contributed by atoms with E-state index in [2.05, 4.69) is 32.7 Å². The number of thiazole rings is 1. The van der Waals surface area contributed by atoms with Gasteiger partial charge in [-0.1, -0.05) is 35.1 Å². The number of ether oxygens (including phenoxy) is 2. The Morgan fingerprint density at radius 2 is 1.78 bits per heavy atom. The monoisotopic (exact) mass is 446 g/mol. The fourth-order valence-electron chi connectivity index (χ4n) is 3.88. The van der Waals surface area contributed by atoms with Crippen molar-refractivity contribution >= 4 is 39.5 Å². The predicted molar refractivity (Wildman–Crippen MR) is 127 cm³/mol. The number of carbonyl (C=O) groups excluding carboxylic acids is 1. The first-order valence-electron chi connectivity index (χ1n) is 10.2. The first-order chi connectivity index (χ1) is 15.4. The van der Waals surface area contributed by atoms with Gasteiger partial charge in [0.05, 0.1) is 5.69 Å². The summed E-state index contributed by atoms with van der Waals surface area (Å²) in [7, 11) is 0. The Labute approximate surface area is 189 Å². The Balaban J connectivity index is 1.30. The summed E-state index contributed by atoms with van der Waals surface area (Å²) in [6, 6.07) is 9.91. The minimum absolute atomic E-state index is 0.162. The van der Waals surface area contributed by atoms with Crippen molar-refractivity contribution in [3.05, 3.63) is 69.4 Å². The molecule has 0 unspecified atom stereocenters. The van der Waals surface area contributed by atoms with Gasteiger partial charge in [-0.15, -0.1) is 0 Å². The summed E-state index contributed by atoms with van der Waals surface area (Å²) in [5.74, 6) is 2.01. The molecular formula is C24H22N4O3S. The van der Waals surface area contributed by atoms with Gasteiger partial charge in [-0.3, -0.25) is 4.79 Å². The number of amidine groups is 1. The maximum atomic E-state index is 13.0. The highest BCUT2D eigenvalue weighted by Gasteiger charge is 2.23. The van der Waals surface area contributed by atoms with Gasteiger partial charge in [0.1, 0.15) is 10.7 Å². The first kappa shape index (κ1) is 20.3. The van der Waals surface area contributed by atoms with E-state index in [-0.39, 0.29) is 12.7 Å². The lowest BCUT2D eigenvalue weighted by Gasteiger charge is -2.17. The largest absolute Gasteiger partial charge is 0.454 e. The van der Waals surface area contributed by atoms with Crippen molar-refractivity contribution in [2.24, 2.45) is 4.99 Å². The molecule has 2 aliphatic rings. The van der Waals surface area contributed by atoms with Crippen LogP contribution in [0.15, 0.2) is 41.5 Å². The lowest BCUT2D eigenvalue weighted by molar-refractivity contribution is 0.102. The lowest BCUT2D eigenvalue weighted by Crippen LogP contribution is -2.18. The number of benzene rings is 2. The number of anilines is 2. The lowest BCUT2D eigenvalue weighted by atomic mass is 10.0. The van der Waals surface area contributed by atoms with Crippen molar-refractivity contribution in [3.63, 3.8) is 0 Å². The van der Waals surface area contributed by atoms with Crippen LogP contribution in [0.1, 0.15) is 37.6 Å². The van der Waals surface area contributed by atoms with Gasteiger partial charge in [0.15, 0.2) is 16.6 Å². The number of hydrogen-bond donors (Lipinski definition) is 2. The van der Waals surface area contributed by atoms with Crippen LogP contribution in [0.2, 0.25) is 0 Å². The molecule has 0 fully saturated rings. The fraction of sp³-hybridized carbons (Fsp3) is 0.208. The van der Waals surface area contributed by atoms with Crippen molar-refractivity contribution in [1.29, 1.82) is 0 Å². The molecule has 5 rings (SSSR count). The van der Waals surface area contributed by atoms with E-state index in [0.717, 1.165) is 39.4 Å². The number of aromatic nitrogens is 1. The molecule has 1 aromatic heterocycles. The molecule has 2 aliphatic heterocycles. The van der Waals surface area contributed by atoms with E-state index < -0.39 is 0 Å². The third kappa shape index (κ3) is 3.62. The molecule has 0 atom stereocenters. The van der Waals surface area contributed by atoms with Crippen LogP contribution < -0.4 is 20.1 Å². The second-order valence-electron chi connectivity index (χ2n) is 7.87.